The summed E-state index contributed by atoms with van der Waals surface area (Å²) in [5, 5.41) is 3.62. The van der Waals surface area contributed by atoms with Gasteiger partial charge in [0.25, 0.3) is 0 Å². The third-order valence-corrected chi connectivity index (χ3v) is 5.14. The summed E-state index contributed by atoms with van der Waals surface area (Å²) in [5.74, 6) is 0.988. The molecule has 1 unspecified atom stereocenters. The van der Waals surface area contributed by atoms with Crippen molar-refractivity contribution in [3.8, 4) is 0 Å². The van der Waals surface area contributed by atoms with Crippen molar-refractivity contribution in [1.29, 1.82) is 0 Å². The minimum absolute atomic E-state index is 0.486. The second-order valence-electron chi connectivity index (χ2n) is 6.29. The molecule has 2 saturated carbocycles. The smallest absolute Gasteiger partial charge is 0.0337 e. The molecule has 92 valence electrons. The van der Waals surface area contributed by atoms with Gasteiger partial charge in [-0.3, -0.25) is 4.90 Å². The molecule has 1 aliphatic heterocycles. The van der Waals surface area contributed by atoms with Crippen LogP contribution in [-0.4, -0.2) is 36.1 Å². The molecule has 1 saturated heterocycles. The van der Waals surface area contributed by atoms with Gasteiger partial charge in [-0.05, 0) is 38.5 Å². The van der Waals surface area contributed by atoms with Crippen LogP contribution in [0.3, 0.4) is 0 Å². The first-order valence-corrected chi connectivity index (χ1v) is 7.28. The summed E-state index contributed by atoms with van der Waals surface area (Å²) < 4.78 is 0. The van der Waals surface area contributed by atoms with Crippen LogP contribution < -0.4 is 5.32 Å². The largest absolute Gasteiger partial charge is 0.314 e. The van der Waals surface area contributed by atoms with E-state index in [4.69, 9.17) is 0 Å². The Balaban J connectivity index is 1.73. The maximum Gasteiger partial charge on any atom is 0.0337 e. The molecule has 1 atom stereocenters. The molecule has 1 N–H and O–H groups in total. The van der Waals surface area contributed by atoms with Crippen molar-refractivity contribution < 1.29 is 0 Å². The van der Waals surface area contributed by atoms with E-state index in [1.165, 1.54) is 64.6 Å². The maximum absolute atomic E-state index is 3.62. The first kappa shape index (κ1) is 11.0. The zero-order chi connectivity index (χ0) is 11.0. The molecule has 16 heavy (non-hydrogen) atoms. The zero-order valence-electron chi connectivity index (χ0n) is 10.7. The fourth-order valence-electron chi connectivity index (χ4n) is 3.97. The van der Waals surface area contributed by atoms with Crippen LogP contribution in [0.5, 0.6) is 0 Å². The van der Waals surface area contributed by atoms with Crippen LogP contribution in [0.25, 0.3) is 0 Å². The second kappa shape index (κ2) is 4.30. The molecule has 0 bridgehead atoms. The van der Waals surface area contributed by atoms with E-state index in [9.17, 15) is 0 Å². The highest BCUT2D eigenvalue weighted by Gasteiger charge is 2.48. The number of hydrogen-bond donors (Lipinski definition) is 1. The highest BCUT2D eigenvalue weighted by molar-refractivity contribution is 5.05. The summed E-state index contributed by atoms with van der Waals surface area (Å²) in [4.78, 5) is 2.89. The van der Waals surface area contributed by atoms with Crippen LogP contribution in [0.1, 0.15) is 51.9 Å². The molecule has 0 spiro atoms. The number of rotatable bonds is 2. The van der Waals surface area contributed by atoms with Gasteiger partial charge in [-0.1, -0.05) is 19.3 Å². The molecule has 1 heterocycles. The molecule has 3 rings (SSSR count). The maximum atomic E-state index is 3.62. The quantitative estimate of drug-likeness (QED) is 0.772. The predicted octanol–water partition coefficient (Wildman–Crippen LogP) is 2.39. The van der Waals surface area contributed by atoms with Gasteiger partial charge in [0.15, 0.2) is 0 Å². The van der Waals surface area contributed by atoms with Gasteiger partial charge in [0.1, 0.15) is 0 Å². The molecular weight excluding hydrogens is 196 g/mol. The van der Waals surface area contributed by atoms with E-state index < -0.39 is 0 Å². The fourth-order valence-corrected chi connectivity index (χ4v) is 3.97. The Kier molecular flexibility index (Phi) is 2.97. The van der Waals surface area contributed by atoms with Gasteiger partial charge in [0.05, 0.1) is 0 Å². The number of hydrogen-bond acceptors (Lipinski definition) is 2. The molecule has 0 aromatic carbocycles. The average Bonchev–Trinajstić information content (AvgIpc) is 3.15. The Hall–Kier alpha value is -0.0800. The van der Waals surface area contributed by atoms with Gasteiger partial charge in [-0.25, -0.2) is 0 Å². The molecule has 2 heteroatoms. The van der Waals surface area contributed by atoms with Crippen LogP contribution in [0, 0.1) is 5.92 Å². The number of nitrogens with zero attached hydrogens (tertiary/aromatic N) is 1. The van der Waals surface area contributed by atoms with Crippen molar-refractivity contribution in [3.63, 3.8) is 0 Å². The summed E-state index contributed by atoms with van der Waals surface area (Å²) in [6.45, 7) is 6.25. The first-order chi connectivity index (χ1) is 7.81. The Morgan fingerprint density at radius 3 is 2.50 bits per heavy atom. The van der Waals surface area contributed by atoms with E-state index in [1.54, 1.807) is 0 Å². The summed E-state index contributed by atoms with van der Waals surface area (Å²) in [6, 6.07) is 0.904. The standard InChI is InChI=1S/C14H26N2/c1-14(12-7-8-12)11-15-9-10-16(14)13-5-3-2-4-6-13/h12-13,15H,2-11H2,1H3. The van der Waals surface area contributed by atoms with Crippen LogP contribution in [0.4, 0.5) is 0 Å². The minimum Gasteiger partial charge on any atom is -0.314 e. The van der Waals surface area contributed by atoms with Gasteiger partial charge < -0.3 is 5.32 Å². The normalized spacial score (nSPS) is 38.8. The molecule has 2 aliphatic carbocycles. The van der Waals surface area contributed by atoms with Crippen molar-refractivity contribution in [1.82, 2.24) is 10.2 Å². The Bertz CT molecular complexity index is 243. The van der Waals surface area contributed by atoms with Gasteiger partial charge in [-0.2, -0.15) is 0 Å². The summed E-state index contributed by atoms with van der Waals surface area (Å²) in [6.07, 6.45) is 10.3. The minimum atomic E-state index is 0.486. The highest BCUT2D eigenvalue weighted by atomic mass is 15.3. The summed E-state index contributed by atoms with van der Waals surface area (Å²) in [5.41, 5.74) is 0.486. The molecule has 2 nitrogen and oxygen atoms in total. The predicted molar refractivity (Wildman–Crippen MR) is 67.6 cm³/mol. The topological polar surface area (TPSA) is 15.3 Å². The molecular formula is C14H26N2. The molecule has 0 aromatic rings. The number of piperazine rings is 1. The van der Waals surface area contributed by atoms with Crippen molar-refractivity contribution >= 4 is 0 Å². The molecule has 3 fully saturated rings. The van der Waals surface area contributed by atoms with E-state index in [-0.39, 0.29) is 0 Å². The van der Waals surface area contributed by atoms with Gasteiger partial charge >= 0.3 is 0 Å². The van der Waals surface area contributed by atoms with Crippen LogP contribution >= 0.6 is 0 Å². The van der Waals surface area contributed by atoms with Crippen molar-refractivity contribution in [3.05, 3.63) is 0 Å². The Morgan fingerprint density at radius 1 is 1.06 bits per heavy atom. The van der Waals surface area contributed by atoms with Gasteiger partial charge in [-0.15, -0.1) is 0 Å². The lowest BCUT2D eigenvalue weighted by Gasteiger charge is -2.50. The van der Waals surface area contributed by atoms with Crippen molar-refractivity contribution in [2.45, 2.75) is 63.5 Å². The second-order valence-corrected chi connectivity index (χ2v) is 6.29. The Labute approximate surface area is 99.8 Å². The van der Waals surface area contributed by atoms with Crippen molar-refractivity contribution in [2.75, 3.05) is 19.6 Å². The highest BCUT2D eigenvalue weighted by Crippen LogP contribution is 2.45. The molecule has 0 amide bonds. The molecule has 0 aromatic heterocycles. The monoisotopic (exact) mass is 222 g/mol. The Morgan fingerprint density at radius 2 is 1.81 bits per heavy atom. The van der Waals surface area contributed by atoms with Gasteiger partial charge in [0, 0.05) is 31.2 Å². The number of nitrogens with one attached hydrogen (secondary N) is 1. The lowest BCUT2D eigenvalue weighted by atomic mass is 9.85. The van der Waals surface area contributed by atoms with Crippen LogP contribution in [-0.2, 0) is 0 Å². The van der Waals surface area contributed by atoms with Crippen molar-refractivity contribution in [2.24, 2.45) is 5.92 Å². The van der Waals surface area contributed by atoms with Crippen LogP contribution in [0.15, 0.2) is 0 Å². The summed E-state index contributed by atoms with van der Waals surface area (Å²) in [7, 11) is 0. The SMILES string of the molecule is CC1(C2CC2)CNCCN1C1CCCCC1. The summed E-state index contributed by atoms with van der Waals surface area (Å²) >= 11 is 0. The van der Waals surface area contributed by atoms with Crippen LogP contribution in [0.2, 0.25) is 0 Å². The lowest BCUT2D eigenvalue weighted by molar-refractivity contribution is 0.00221. The third-order valence-electron chi connectivity index (χ3n) is 5.14. The molecule has 0 radical (unpaired) electrons. The van der Waals surface area contributed by atoms with E-state index in [2.05, 4.69) is 17.1 Å². The lowest BCUT2D eigenvalue weighted by Crippen LogP contribution is -2.64. The fraction of sp³-hybridized carbons (Fsp3) is 1.00. The van der Waals surface area contributed by atoms with Gasteiger partial charge in [0.2, 0.25) is 0 Å². The third kappa shape index (κ3) is 1.91. The van der Waals surface area contributed by atoms with E-state index in [0.29, 0.717) is 5.54 Å². The molecule has 3 aliphatic rings. The van der Waals surface area contributed by atoms with E-state index >= 15 is 0 Å². The first-order valence-electron chi connectivity index (χ1n) is 7.28. The average molecular weight is 222 g/mol. The zero-order valence-corrected chi connectivity index (χ0v) is 10.7. The van der Waals surface area contributed by atoms with E-state index in [0.717, 1.165) is 12.0 Å². The van der Waals surface area contributed by atoms with E-state index in [1.807, 2.05) is 0 Å².